The summed E-state index contributed by atoms with van der Waals surface area (Å²) in [5.74, 6) is -1.36. The number of halogens is 3. The Balaban J connectivity index is 0.000000339. The van der Waals surface area contributed by atoms with E-state index in [-0.39, 0.29) is 12.0 Å². The lowest BCUT2D eigenvalue weighted by Crippen LogP contribution is -2.33. The van der Waals surface area contributed by atoms with E-state index in [0.29, 0.717) is 24.1 Å². The van der Waals surface area contributed by atoms with Gasteiger partial charge in [-0.1, -0.05) is 18.2 Å². The van der Waals surface area contributed by atoms with E-state index in [0.717, 1.165) is 36.2 Å². The van der Waals surface area contributed by atoms with Crippen LogP contribution in [-0.2, 0) is 9.53 Å². The van der Waals surface area contributed by atoms with E-state index in [1.54, 1.807) is 0 Å². The maximum atomic E-state index is 13.0. The molecule has 2 saturated heterocycles. The van der Waals surface area contributed by atoms with E-state index < -0.39 is 12.1 Å². The van der Waals surface area contributed by atoms with Gasteiger partial charge in [-0.3, -0.25) is 4.79 Å². The standard InChI is InChI=1S/C19H24N2O3.C2HF3O2/c1-12-14-6-4-5-7-16(14)24-18(12)19(22)21-9-15-13(8-20(2)3)11-23-17(15)10-21;3-2(4,5)1(6)7/h4-7,13,15,17H,8-11H2,1-3H3;(H,6,7)/t13-,15-,17-;/m1./s1. The minimum Gasteiger partial charge on any atom is -0.475 e. The number of amides is 1. The van der Waals surface area contributed by atoms with Crippen LogP contribution in [0.15, 0.2) is 28.7 Å². The van der Waals surface area contributed by atoms with Gasteiger partial charge < -0.3 is 24.1 Å². The minimum atomic E-state index is -5.08. The summed E-state index contributed by atoms with van der Waals surface area (Å²) >= 11 is 0. The Labute approximate surface area is 177 Å². The van der Waals surface area contributed by atoms with Gasteiger partial charge in [0.05, 0.1) is 12.7 Å². The van der Waals surface area contributed by atoms with Crippen LogP contribution in [0, 0.1) is 18.8 Å². The molecule has 2 fully saturated rings. The highest BCUT2D eigenvalue weighted by molar-refractivity contribution is 5.99. The van der Waals surface area contributed by atoms with Crippen molar-refractivity contribution >= 4 is 22.8 Å². The van der Waals surface area contributed by atoms with Crippen molar-refractivity contribution in [2.24, 2.45) is 11.8 Å². The monoisotopic (exact) mass is 442 g/mol. The molecule has 1 amide bonds. The third-order valence-electron chi connectivity index (χ3n) is 5.61. The molecule has 0 aliphatic carbocycles. The fourth-order valence-electron chi connectivity index (χ4n) is 4.14. The quantitative estimate of drug-likeness (QED) is 0.787. The molecule has 0 bridgehead atoms. The SMILES string of the molecule is Cc1c(C(=O)N2C[C@@H]3[C@H](CN(C)C)CO[C@@H]3C2)oc2ccccc12.O=C(O)C(F)(F)F. The molecule has 1 aromatic heterocycles. The van der Waals surface area contributed by atoms with Gasteiger partial charge in [0.15, 0.2) is 5.76 Å². The lowest BCUT2D eigenvalue weighted by molar-refractivity contribution is -0.192. The van der Waals surface area contributed by atoms with Gasteiger partial charge in [-0.2, -0.15) is 13.2 Å². The molecule has 2 aliphatic heterocycles. The predicted octanol–water partition coefficient (Wildman–Crippen LogP) is 3.02. The van der Waals surface area contributed by atoms with Crippen LogP contribution >= 0.6 is 0 Å². The molecule has 1 aromatic carbocycles. The van der Waals surface area contributed by atoms with Crippen LogP contribution in [0.25, 0.3) is 11.0 Å². The summed E-state index contributed by atoms with van der Waals surface area (Å²) in [5, 5.41) is 8.14. The van der Waals surface area contributed by atoms with Crippen molar-refractivity contribution in [3.63, 3.8) is 0 Å². The van der Waals surface area contributed by atoms with Crippen molar-refractivity contribution < 1.29 is 37.0 Å². The fourth-order valence-corrected chi connectivity index (χ4v) is 4.14. The number of rotatable bonds is 3. The summed E-state index contributed by atoms with van der Waals surface area (Å²) in [6, 6.07) is 7.81. The second kappa shape index (κ2) is 8.88. The van der Waals surface area contributed by atoms with E-state index in [9.17, 15) is 18.0 Å². The number of carboxylic acid groups (broad SMARTS) is 1. The highest BCUT2D eigenvalue weighted by atomic mass is 19.4. The summed E-state index contributed by atoms with van der Waals surface area (Å²) in [6.07, 6.45) is -4.91. The van der Waals surface area contributed by atoms with Crippen LogP contribution in [-0.4, -0.2) is 79.4 Å². The molecule has 3 atom stereocenters. The molecule has 31 heavy (non-hydrogen) atoms. The Kier molecular flexibility index (Phi) is 6.61. The molecule has 2 aromatic rings. The summed E-state index contributed by atoms with van der Waals surface area (Å²) < 4.78 is 43.5. The summed E-state index contributed by atoms with van der Waals surface area (Å²) in [5.41, 5.74) is 1.71. The Hall–Kier alpha value is -2.59. The van der Waals surface area contributed by atoms with Crippen molar-refractivity contribution in [1.82, 2.24) is 9.80 Å². The first kappa shape index (κ1) is 23.1. The highest BCUT2D eigenvalue weighted by Crippen LogP contribution is 2.35. The van der Waals surface area contributed by atoms with Crippen molar-refractivity contribution in [2.45, 2.75) is 19.2 Å². The third-order valence-corrected chi connectivity index (χ3v) is 5.61. The van der Waals surface area contributed by atoms with E-state index >= 15 is 0 Å². The molecule has 0 spiro atoms. The number of para-hydroxylation sites is 1. The maximum Gasteiger partial charge on any atom is 0.490 e. The molecular weight excluding hydrogens is 417 g/mol. The number of aliphatic carboxylic acids is 1. The number of ether oxygens (including phenoxy) is 1. The molecule has 10 heteroatoms. The second-order valence-electron chi connectivity index (χ2n) is 8.12. The number of aryl methyl sites for hydroxylation is 1. The molecule has 0 radical (unpaired) electrons. The molecule has 1 N–H and O–H groups in total. The zero-order valence-electron chi connectivity index (χ0n) is 17.5. The van der Waals surface area contributed by atoms with Crippen molar-refractivity contribution in [3.05, 3.63) is 35.6 Å². The molecule has 7 nitrogen and oxygen atoms in total. The number of likely N-dealkylation sites (tertiary alicyclic amines) is 1. The summed E-state index contributed by atoms with van der Waals surface area (Å²) in [7, 11) is 4.17. The predicted molar refractivity (Wildman–Crippen MR) is 106 cm³/mol. The molecule has 0 unspecified atom stereocenters. The molecule has 0 saturated carbocycles. The highest BCUT2D eigenvalue weighted by Gasteiger charge is 2.46. The Morgan fingerprint density at radius 3 is 2.45 bits per heavy atom. The normalized spacial score (nSPS) is 23.1. The Morgan fingerprint density at radius 2 is 1.87 bits per heavy atom. The van der Waals surface area contributed by atoms with Gasteiger partial charge in [0, 0.05) is 42.4 Å². The zero-order valence-corrected chi connectivity index (χ0v) is 17.5. The Bertz CT molecular complexity index is 956. The number of fused-ring (bicyclic) bond motifs is 2. The first-order valence-corrected chi connectivity index (χ1v) is 9.83. The van der Waals surface area contributed by atoms with Crippen LogP contribution in [0.4, 0.5) is 13.2 Å². The topological polar surface area (TPSA) is 83.2 Å². The minimum absolute atomic E-state index is 0.00898. The fraction of sp³-hybridized carbons (Fsp3) is 0.524. The van der Waals surface area contributed by atoms with Crippen molar-refractivity contribution in [3.8, 4) is 0 Å². The molecular formula is C21H25F3N2O5. The van der Waals surface area contributed by atoms with E-state index in [1.807, 2.05) is 36.1 Å². The number of benzene rings is 1. The van der Waals surface area contributed by atoms with E-state index in [4.69, 9.17) is 19.1 Å². The molecule has 4 rings (SSSR count). The van der Waals surface area contributed by atoms with Crippen LogP contribution in [0.2, 0.25) is 0 Å². The number of carbonyl (C=O) groups excluding carboxylic acids is 1. The number of carboxylic acids is 1. The number of alkyl halides is 3. The van der Waals surface area contributed by atoms with Crippen LogP contribution in [0.3, 0.4) is 0 Å². The largest absolute Gasteiger partial charge is 0.490 e. The second-order valence-corrected chi connectivity index (χ2v) is 8.12. The zero-order chi connectivity index (χ0) is 22.9. The van der Waals surface area contributed by atoms with Gasteiger partial charge in [0.1, 0.15) is 5.58 Å². The number of furan rings is 1. The first-order valence-electron chi connectivity index (χ1n) is 9.83. The number of hydrogen-bond acceptors (Lipinski definition) is 5. The van der Waals surface area contributed by atoms with E-state index in [1.165, 1.54) is 0 Å². The molecule has 3 heterocycles. The summed E-state index contributed by atoms with van der Waals surface area (Å²) in [6.45, 7) is 5.20. The van der Waals surface area contributed by atoms with Gasteiger partial charge in [-0.15, -0.1) is 0 Å². The Morgan fingerprint density at radius 1 is 1.23 bits per heavy atom. The van der Waals surface area contributed by atoms with Gasteiger partial charge >= 0.3 is 12.1 Å². The van der Waals surface area contributed by atoms with Crippen LogP contribution in [0.1, 0.15) is 16.1 Å². The summed E-state index contributed by atoms with van der Waals surface area (Å²) in [4.78, 5) is 26.0. The average molecular weight is 442 g/mol. The smallest absolute Gasteiger partial charge is 0.475 e. The molecule has 170 valence electrons. The van der Waals surface area contributed by atoms with Gasteiger partial charge in [-0.05, 0) is 27.1 Å². The molecule has 2 aliphatic rings. The van der Waals surface area contributed by atoms with Crippen LogP contribution < -0.4 is 0 Å². The van der Waals surface area contributed by atoms with Crippen molar-refractivity contribution in [2.75, 3.05) is 40.3 Å². The maximum absolute atomic E-state index is 13.0. The van der Waals surface area contributed by atoms with Crippen LogP contribution in [0.5, 0.6) is 0 Å². The lowest BCUT2D eigenvalue weighted by Gasteiger charge is -2.21. The number of hydrogen-bond donors (Lipinski definition) is 1. The average Bonchev–Trinajstić information content (AvgIpc) is 3.35. The first-order chi connectivity index (χ1) is 14.5. The van der Waals surface area contributed by atoms with Gasteiger partial charge in [-0.25, -0.2) is 4.79 Å². The van der Waals surface area contributed by atoms with E-state index in [2.05, 4.69) is 19.0 Å². The number of nitrogens with zero attached hydrogens (tertiary/aromatic N) is 2. The van der Waals surface area contributed by atoms with Gasteiger partial charge in [0.2, 0.25) is 0 Å². The third kappa shape index (κ3) is 5.01. The lowest BCUT2D eigenvalue weighted by atomic mass is 9.93. The van der Waals surface area contributed by atoms with Gasteiger partial charge in [0.25, 0.3) is 5.91 Å². The van der Waals surface area contributed by atoms with Crippen molar-refractivity contribution in [1.29, 1.82) is 0 Å². The number of carbonyl (C=O) groups is 2.